The van der Waals surface area contributed by atoms with Crippen LogP contribution in [0, 0.1) is 16.6 Å². The van der Waals surface area contributed by atoms with Gasteiger partial charge in [0, 0.05) is 6.54 Å². The second kappa shape index (κ2) is 3.74. The molecular weight excluding hydrogens is 216 g/mol. The zero-order valence-electron chi connectivity index (χ0n) is 9.44. The van der Waals surface area contributed by atoms with Crippen molar-refractivity contribution in [3.05, 3.63) is 29.0 Å². The van der Waals surface area contributed by atoms with Crippen LogP contribution in [0.5, 0.6) is 0 Å². The molecule has 1 N–H and O–H groups in total. The lowest BCUT2D eigenvalue weighted by Crippen LogP contribution is -2.09. The molecule has 1 unspecified atom stereocenters. The van der Waals surface area contributed by atoms with Gasteiger partial charge in [0.15, 0.2) is 4.77 Å². The SMILES string of the molecule is CC(Cn1c(=S)[nH]c2ccccc21)C1CC1. The number of hydrogen-bond donors (Lipinski definition) is 1. The summed E-state index contributed by atoms with van der Waals surface area (Å²) < 4.78 is 3.10. The van der Waals surface area contributed by atoms with Crippen molar-refractivity contribution in [1.29, 1.82) is 0 Å². The van der Waals surface area contributed by atoms with Crippen LogP contribution in [-0.4, -0.2) is 9.55 Å². The van der Waals surface area contributed by atoms with Crippen LogP contribution in [-0.2, 0) is 6.54 Å². The predicted octanol–water partition coefficient (Wildman–Crippen LogP) is 3.74. The van der Waals surface area contributed by atoms with Crippen LogP contribution < -0.4 is 0 Å². The Bertz CT molecular complexity index is 563. The fourth-order valence-electron chi connectivity index (χ4n) is 2.39. The third-order valence-corrected chi connectivity index (χ3v) is 3.90. The average molecular weight is 232 g/mol. The minimum absolute atomic E-state index is 0.742. The number of nitrogens with one attached hydrogen (secondary N) is 1. The van der Waals surface area contributed by atoms with Crippen molar-refractivity contribution >= 4 is 23.3 Å². The molecule has 1 aromatic carbocycles. The lowest BCUT2D eigenvalue weighted by atomic mass is 10.1. The van der Waals surface area contributed by atoms with E-state index in [4.69, 9.17) is 12.2 Å². The first-order valence-electron chi connectivity index (χ1n) is 5.93. The van der Waals surface area contributed by atoms with Crippen molar-refractivity contribution < 1.29 is 0 Å². The van der Waals surface area contributed by atoms with E-state index in [2.05, 4.69) is 34.7 Å². The van der Waals surface area contributed by atoms with Gasteiger partial charge in [0.2, 0.25) is 0 Å². The van der Waals surface area contributed by atoms with Crippen molar-refractivity contribution in [1.82, 2.24) is 9.55 Å². The molecular formula is C13H16N2S. The third-order valence-electron chi connectivity index (χ3n) is 3.58. The molecule has 84 valence electrons. The molecule has 16 heavy (non-hydrogen) atoms. The molecule has 1 heterocycles. The zero-order chi connectivity index (χ0) is 11.1. The number of hydrogen-bond acceptors (Lipinski definition) is 1. The smallest absolute Gasteiger partial charge is 0.178 e. The summed E-state index contributed by atoms with van der Waals surface area (Å²) in [5, 5.41) is 0. The van der Waals surface area contributed by atoms with Crippen LogP contribution in [0.3, 0.4) is 0 Å². The van der Waals surface area contributed by atoms with Crippen LogP contribution >= 0.6 is 12.2 Å². The zero-order valence-corrected chi connectivity index (χ0v) is 10.3. The lowest BCUT2D eigenvalue weighted by molar-refractivity contribution is 0.434. The van der Waals surface area contributed by atoms with E-state index < -0.39 is 0 Å². The maximum Gasteiger partial charge on any atom is 0.178 e. The Balaban J connectivity index is 2.01. The van der Waals surface area contributed by atoms with E-state index in [1.165, 1.54) is 18.4 Å². The van der Waals surface area contributed by atoms with Gasteiger partial charge in [-0.15, -0.1) is 0 Å². The standard InChI is InChI=1S/C13H16N2S/c1-9(10-6-7-10)8-15-12-5-3-2-4-11(12)14-13(15)16/h2-5,9-10H,6-8H2,1H3,(H,14,16). The highest BCUT2D eigenvalue weighted by Gasteiger charge is 2.28. The molecule has 1 aliphatic carbocycles. The van der Waals surface area contributed by atoms with E-state index in [0.29, 0.717) is 0 Å². The maximum atomic E-state index is 5.39. The molecule has 0 radical (unpaired) electrons. The molecule has 1 atom stereocenters. The molecule has 1 saturated carbocycles. The van der Waals surface area contributed by atoms with Gasteiger partial charge in [-0.2, -0.15) is 0 Å². The number of nitrogens with zero attached hydrogens (tertiary/aromatic N) is 1. The van der Waals surface area contributed by atoms with Gasteiger partial charge in [-0.25, -0.2) is 0 Å². The number of imidazole rings is 1. The van der Waals surface area contributed by atoms with E-state index in [1.54, 1.807) is 0 Å². The Morgan fingerprint density at radius 3 is 2.94 bits per heavy atom. The third kappa shape index (κ3) is 1.69. The molecule has 1 aliphatic rings. The number of rotatable bonds is 3. The molecule has 1 fully saturated rings. The Hall–Kier alpha value is -1.09. The van der Waals surface area contributed by atoms with Crippen LogP contribution in [0.15, 0.2) is 24.3 Å². The Kier molecular flexibility index (Phi) is 2.36. The Morgan fingerprint density at radius 1 is 1.44 bits per heavy atom. The lowest BCUT2D eigenvalue weighted by Gasteiger charge is -2.11. The number of aromatic amines is 1. The molecule has 0 bridgehead atoms. The van der Waals surface area contributed by atoms with E-state index in [9.17, 15) is 0 Å². The number of benzene rings is 1. The fraction of sp³-hybridized carbons (Fsp3) is 0.462. The molecule has 1 aromatic heterocycles. The quantitative estimate of drug-likeness (QED) is 0.799. The van der Waals surface area contributed by atoms with Crippen molar-refractivity contribution in [3.8, 4) is 0 Å². The van der Waals surface area contributed by atoms with Gasteiger partial charge in [-0.1, -0.05) is 19.1 Å². The first kappa shape index (κ1) is 10.1. The normalized spacial score (nSPS) is 17.8. The number of para-hydroxylation sites is 2. The summed E-state index contributed by atoms with van der Waals surface area (Å²) >= 11 is 5.39. The van der Waals surface area contributed by atoms with Crippen LogP contribution in [0.25, 0.3) is 11.0 Å². The molecule has 0 amide bonds. The number of fused-ring (bicyclic) bond motifs is 1. The highest BCUT2D eigenvalue weighted by Crippen LogP contribution is 2.37. The van der Waals surface area contributed by atoms with Gasteiger partial charge in [0.25, 0.3) is 0 Å². The summed E-state index contributed by atoms with van der Waals surface area (Å²) in [7, 11) is 0. The van der Waals surface area contributed by atoms with Crippen LogP contribution in [0.1, 0.15) is 19.8 Å². The maximum absolute atomic E-state index is 5.39. The van der Waals surface area contributed by atoms with Gasteiger partial charge in [-0.3, -0.25) is 0 Å². The fourth-order valence-corrected chi connectivity index (χ4v) is 2.67. The molecule has 0 aliphatic heterocycles. The Labute approximate surface area is 100 Å². The molecule has 0 spiro atoms. The summed E-state index contributed by atoms with van der Waals surface area (Å²) in [6.07, 6.45) is 2.80. The van der Waals surface area contributed by atoms with Crippen molar-refractivity contribution in [2.45, 2.75) is 26.3 Å². The van der Waals surface area contributed by atoms with Gasteiger partial charge in [0.1, 0.15) is 0 Å². The van der Waals surface area contributed by atoms with Gasteiger partial charge >= 0.3 is 0 Å². The first-order valence-corrected chi connectivity index (χ1v) is 6.34. The second-order valence-electron chi connectivity index (χ2n) is 4.87. The van der Waals surface area contributed by atoms with Crippen LogP contribution in [0.2, 0.25) is 0 Å². The van der Waals surface area contributed by atoms with Gasteiger partial charge < -0.3 is 9.55 Å². The van der Waals surface area contributed by atoms with E-state index >= 15 is 0 Å². The molecule has 3 heteroatoms. The second-order valence-corrected chi connectivity index (χ2v) is 5.26. The first-order chi connectivity index (χ1) is 7.75. The monoisotopic (exact) mass is 232 g/mol. The van der Waals surface area contributed by atoms with E-state index in [0.717, 1.165) is 28.7 Å². The van der Waals surface area contributed by atoms with Crippen LogP contribution in [0.4, 0.5) is 0 Å². The minimum atomic E-state index is 0.742. The highest BCUT2D eigenvalue weighted by atomic mass is 32.1. The highest BCUT2D eigenvalue weighted by molar-refractivity contribution is 7.71. The summed E-state index contributed by atoms with van der Waals surface area (Å²) in [5.41, 5.74) is 2.38. The van der Waals surface area contributed by atoms with Gasteiger partial charge in [-0.05, 0) is 49.0 Å². The summed E-state index contributed by atoms with van der Waals surface area (Å²) in [6, 6.07) is 8.34. The largest absolute Gasteiger partial charge is 0.331 e. The van der Waals surface area contributed by atoms with E-state index in [-0.39, 0.29) is 0 Å². The Morgan fingerprint density at radius 2 is 2.19 bits per heavy atom. The predicted molar refractivity (Wildman–Crippen MR) is 69.0 cm³/mol. The van der Waals surface area contributed by atoms with Crippen molar-refractivity contribution in [2.75, 3.05) is 0 Å². The van der Waals surface area contributed by atoms with Crippen molar-refractivity contribution in [3.63, 3.8) is 0 Å². The summed E-state index contributed by atoms with van der Waals surface area (Å²) in [5.74, 6) is 1.67. The average Bonchev–Trinajstić information content (AvgIpc) is 3.06. The molecule has 2 nitrogen and oxygen atoms in total. The summed E-state index contributed by atoms with van der Waals surface area (Å²) in [6.45, 7) is 3.38. The van der Waals surface area contributed by atoms with E-state index in [1.807, 2.05) is 6.07 Å². The molecule has 0 saturated heterocycles. The number of H-pyrrole nitrogens is 1. The summed E-state index contributed by atoms with van der Waals surface area (Å²) in [4.78, 5) is 3.27. The van der Waals surface area contributed by atoms with Crippen molar-refractivity contribution in [2.24, 2.45) is 11.8 Å². The minimum Gasteiger partial charge on any atom is -0.331 e. The van der Waals surface area contributed by atoms with Gasteiger partial charge in [0.05, 0.1) is 11.0 Å². The molecule has 2 aromatic rings. The molecule has 3 rings (SSSR count). The number of aromatic nitrogens is 2. The topological polar surface area (TPSA) is 20.7 Å².